The average Bonchev–Trinajstić information content (AvgIpc) is 3.52. The number of carbonyl (C=O) groups excluding carboxylic acids is 1. The summed E-state index contributed by atoms with van der Waals surface area (Å²) < 4.78 is 1.77. The zero-order valence-electron chi connectivity index (χ0n) is 24.3. The van der Waals surface area contributed by atoms with Crippen LogP contribution < -0.4 is 20.9 Å². The second kappa shape index (κ2) is 11.7. The van der Waals surface area contributed by atoms with E-state index >= 15 is 0 Å². The smallest absolute Gasteiger partial charge is 0.229 e. The third-order valence-corrected chi connectivity index (χ3v) is 8.73. The van der Waals surface area contributed by atoms with Gasteiger partial charge in [-0.3, -0.25) is 9.48 Å². The molecular formula is C32H35N8O2Si. The van der Waals surface area contributed by atoms with Crippen LogP contribution in [0.4, 0.5) is 23.1 Å². The molecule has 10 nitrogen and oxygen atoms in total. The number of amides is 1. The Morgan fingerprint density at radius 3 is 2.91 bits per heavy atom. The van der Waals surface area contributed by atoms with Gasteiger partial charge in [0.1, 0.15) is 6.54 Å². The molecule has 4 N–H and O–H groups in total. The molecular weight excluding hydrogens is 556 g/mol. The first-order chi connectivity index (χ1) is 20.7. The Balaban J connectivity index is 1.34. The first-order valence-corrected chi connectivity index (χ1v) is 15.1. The van der Waals surface area contributed by atoms with Crippen LogP contribution in [-0.2, 0) is 17.8 Å². The molecule has 6 rings (SSSR count). The third kappa shape index (κ3) is 5.80. The Hall–Kier alpha value is -4.40. The second-order valence-corrected chi connectivity index (χ2v) is 12.6. The van der Waals surface area contributed by atoms with E-state index in [0.29, 0.717) is 31.3 Å². The van der Waals surface area contributed by atoms with E-state index in [0.717, 1.165) is 52.8 Å². The van der Waals surface area contributed by atoms with Crippen LogP contribution in [0.5, 0.6) is 0 Å². The molecule has 1 aliphatic heterocycles. The average molecular weight is 592 g/mol. The largest absolute Gasteiger partial charge is 0.390 e. The van der Waals surface area contributed by atoms with Gasteiger partial charge in [-0.05, 0) is 56.0 Å². The molecule has 4 aromatic rings. The number of nitrogens with one attached hydrogen (secondary N) is 3. The number of benzene rings is 2. The summed E-state index contributed by atoms with van der Waals surface area (Å²) in [6.07, 6.45) is 10.6. The Morgan fingerprint density at radius 1 is 1.26 bits per heavy atom. The monoisotopic (exact) mass is 591 g/mol. The molecule has 1 aliphatic carbocycles. The number of rotatable bonds is 8. The first kappa shape index (κ1) is 28.7. The lowest BCUT2D eigenvalue weighted by molar-refractivity contribution is -0.124. The van der Waals surface area contributed by atoms with Crippen LogP contribution in [0.3, 0.4) is 0 Å². The minimum Gasteiger partial charge on any atom is -0.390 e. The van der Waals surface area contributed by atoms with Crippen LogP contribution in [0, 0.1) is 12.3 Å². The van der Waals surface area contributed by atoms with Crippen molar-refractivity contribution in [3.63, 3.8) is 0 Å². The fraction of sp³-hybridized carbons (Fsp3) is 0.375. The molecule has 2 unspecified atom stereocenters. The zero-order valence-corrected chi connectivity index (χ0v) is 25.3. The molecule has 219 valence electrons. The van der Waals surface area contributed by atoms with Gasteiger partial charge in [-0.15, -0.1) is 6.42 Å². The minimum atomic E-state index is -0.743. The quantitative estimate of drug-likeness (QED) is 0.181. The van der Waals surface area contributed by atoms with Gasteiger partial charge in [0.2, 0.25) is 11.9 Å². The van der Waals surface area contributed by atoms with Crippen LogP contribution in [0.2, 0.25) is 5.04 Å². The van der Waals surface area contributed by atoms with Crippen molar-refractivity contribution in [1.29, 1.82) is 0 Å². The molecule has 1 amide bonds. The second-order valence-electron chi connectivity index (χ2n) is 11.7. The van der Waals surface area contributed by atoms with Crippen LogP contribution in [0.25, 0.3) is 10.9 Å². The minimum absolute atomic E-state index is 0.0304. The van der Waals surface area contributed by atoms with Crippen molar-refractivity contribution in [2.75, 3.05) is 28.6 Å². The standard InChI is InChI=1S/C32H35N8O2Si/c1-4-13-40-25-16-23(11-10-22(25)17-34-40)36-31-33-18-26(39-14-7-12-32(43,19-39)30(42)35-20(2)3)29(38-31)37-28-24-9-6-5-8-21(24)15-27(28)41/h1,5-6,8-11,16-18,20,27-28,41H,7,12-15,19H2,2-3H3,(H,35,42)(H2,33,36,37,38)/t27?,28?,32-/m1/s1. The third-order valence-electron chi connectivity index (χ3n) is 8.10. The van der Waals surface area contributed by atoms with Gasteiger partial charge in [0.25, 0.3) is 0 Å². The summed E-state index contributed by atoms with van der Waals surface area (Å²) >= 11 is 0. The van der Waals surface area contributed by atoms with E-state index in [4.69, 9.17) is 11.4 Å². The Morgan fingerprint density at radius 2 is 2.09 bits per heavy atom. The van der Waals surface area contributed by atoms with E-state index < -0.39 is 11.1 Å². The fourth-order valence-corrected chi connectivity index (χ4v) is 6.45. The molecule has 0 spiro atoms. The zero-order chi connectivity index (χ0) is 30.1. The normalized spacial score (nSPS) is 21.4. The molecule has 1 fully saturated rings. The lowest BCUT2D eigenvalue weighted by Gasteiger charge is -2.41. The van der Waals surface area contributed by atoms with Crippen molar-refractivity contribution in [1.82, 2.24) is 25.1 Å². The van der Waals surface area contributed by atoms with Gasteiger partial charge in [-0.1, -0.05) is 30.2 Å². The highest BCUT2D eigenvalue weighted by Crippen LogP contribution is 2.41. The Labute approximate surface area is 254 Å². The van der Waals surface area contributed by atoms with Gasteiger partial charge in [0.15, 0.2) is 5.82 Å². The number of hydrogen-bond donors (Lipinski definition) is 4. The molecule has 2 aromatic heterocycles. The van der Waals surface area contributed by atoms with Crippen LogP contribution >= 0.6 is 0 Å². The first-order valence-electron chi connectivity index (χ1n) is 14.6. The summed E-state index contributed by atoms with van der Waals surface area (Å²) in [7, 11) is 3.84. The predicted octanol–water partition coefficient (Wildman–Crippen LogP) is 3.73. The lowest BCUT2D eigenvalue weighted by Crippen LogP contribution is -2.49. The van der Waals surface area contributed by atoms with Gasteiger partial charge < -0.3 is 26.0 Å². The summed E-state index contributed by atoms with van der Waals surface area (Å²) in [5, 5.41) is 25.6. The SMILES string of the molecule is C#CCn1ncc2ccc(Nc3ncc(N4CCC[C@]([Si])(C(=O)NC(C)C)C4)c(NC4c5ccccc5CC4O)n3)cc21. The van der Waals surface area contributed by atoms with Crippen LogP contribution in [0.15, 0.2) is 54.9 Å². The van der Waals surface area contributed by atoms with E-state index in [1.165, 1.54) is 0 Å². The van der Waals surface area contributed by atoms with Crippen LogP contribution in [-0.4, -0.2) is 66.2 Å². The maximum Gasteiger partial charge on any atom is 0.229 e. The number of carbonyl (C=O) groups is 1. The summed E-state index contributed by atoms with van der Waals surface area (Å²) in [6.45, 7) is 5.48. The summed E-state index contributed by atoms with van der Waals surface area (Å²) in [4.78, 5) is 24.9. The Bertz CT molecular complexity index is 1700. The van der Waals surface area contributed by atoms with Crippen molar-refractivity contribution in [3.8, 4) is 12.3 Å². The highest BCUT2D eigenvalue weighted by Gasteiger charge is 2.39. The highest BCUT2D eigenvalue weighted by atomic mass is 28.1. The maximum absolute atomic E-state index is 13.2. The molecule has 1 saturated heterocycles. The van der Waals surface area contributed by atoms with Crippen molar-refractivity contribution >= 4 is 50.2 Å². The van der Waals surface area contributed by atoms with Gasteiger partial charge in [-0.2, -0.15) is 10.1 Å². The van der Waals surface area contributed by atoms with Crippen molar-refractivity contribution in [2.24, 2.45) is 0 Å². The van der Waals surface area contributed by atoms with E-state index in [9.17, 15) is 9.90 Å². The number of aromatic nitrogens is 4. The number of terminal acetylenes is 1. The molecule has 43 heavy (non-hydrogen) atoms. The maximum atomic E-state index is 13.2. The number of piperidine rings is 1. The van der Waals surface area contributed by atoms with Crippen molar-refractivity contribution in [3.05, 3.63) is 66.0 Å². The number of aliphatic hydroxyl groups excluding tert-OH is 1. The number of nitrogens with zero attached hydrogens (tertiary/aromatic N) is 5. The number of anilines is 4. The molecule has 2 aliphatic rings. The lowest BCUT2D eigenvalue weighted by atomic mass is 9.95. The van der Waals surface area contributed by atoms with E-state index in [2.05, 4.69) is 47.1 Å². The Kier molecular flexibility index (Phi) is 7.81. The highest BCUT2D eigenvalue weighted by molar-refractivity contribution is 6.28. The van der Waals surface area contributed by atoms with Gasteiger partial charge >= 0.3 is 0 Å². The fourth-order valence-electron chi connectivity index (χ4n) is 6.01. The number of aliphatic hydroxyl groups is 1. The van der Waals surface area contributed by atoms with Gasteiger partial charge in [0, 0.05) is 46.9 Å². The summed E-state index contributed by atoms with van der Waals surface area (Å²) in [5.41, 5.74) is 4.62. The van der Waals surface area contributed by atoms with E-state index in [-0.39, 0.29) is 18.0 Å². The van der Waals surface area contributed by atoms with Gasteiger partial charge in [-0.25, -0.2) is 4.98 Å². The molecule has 3 heterocycles. The van der Waals surface area contributed by atoms with Crippen molar-refractivity contribution in [2.45, 2.75) is 62.9 Å². The molecule has 3 radical (unpaired) electrons. The van der Waals surface area contributed by atoms with Crippen molar-refractivity contribution < 1.29 is 9.90 Å². The molecule has 0 saturated carbocycles. The van der Waals surface area contributed by atoms with E-state index in [1.54, 1.807) is 17.1 Å². The molecule has 0 bridgehead atoms. The summed E-state index contributed by atoms with van der Waals surface area (Å²) in [6, 6.07) is 13.7. The summed E-state index contributed by atoms with van der Waals surface area (Å²) in [5.74, 6) is 3.58. The molecule has 3 atom stereocenters. The van der Waals surface area contributed by atoms with E-state index in [1.807, 2.05) is 56.3 Å². The number of hydrogen-bond acceptors (Lipinski definition) is 8. The molecule has 11 heteroatoms. The topological polar surface area (TPSA) is 120 Å². The number of fused-ring (bicyclic) bond motifs is 2. The van der Waals surface area contributed by atoms with Gasteiger partial charge in [0.05, 0.1) is 40.8 Å². The molecule has 2 aromatic carbocycles. The van der Waals surface area contributed by atoms with Crippen LogP contribution in [0.1, 0.15) is 43.9 Å². The predicted molar refractivity (Wildman–Crippen MR) is 170 cm³/mol.